The number of benzene rings is 1. The standard InChI is InChI=1S/C14H10FN3O3/c15-9-3-1-2-8(6-9)12-13-10(4-5-16-13)14(21)18(17-12)7-11(19)20/h1-3,5-6H,4,7H2,(H,19,20). The highest BCUT2D eigenvalue weighted by Crippen LogP contribution is 2.32. The van der Waals surface area contributed by atoms with Crippen LogP contribution in [0.15, 0.2) is 34.1 Å². The molecule has 0 fully saturated rings. The highest BCUT2D eigenvalue weighted by atomic mass is 19.1. The van der Waals surface area contributed by atoms with Crippen LogP contribution in [0.25, 0.3) is 11.3 Å². The maximum Gasteiger partial charge on any atom is 0.325 e. The van der Waals surface area contributed by atoms with Gasteiger partial charge in [-0.25, -0.2) is 9.07 Å². The minimum Gasteiger partial charge on any atom is -0.480 e. The third-order valence-electron chi connectivity index (χ3n) is 3.12. The first-order valence-corrected chi connectivity index (χ1v) is 6.20. The lowest BCUT2D eigenvalue weighted by Gasteiger charge is -2.10. The summed E-state index contributed by atoms with van der Waals surface area (Å²) in [6.45, 7) is -0.547. The molecule has 0 radical (unpaired) electrons. The van der Waals surface area contributed by atoms with Crippen LogP contribution >= 0.6 is 0 Å². The highest BCUT2D eigenvalue weighted by Gasteiger charge is 2.21. The summed E-state index contributed by atoms with van der Waals surface area (Å²) < 4.78 is 14.2. The lowest BCUT2D eigenvalue weighted by atomic mass is 10.1. The molecular weight excluding hydrogens is 277 g/mol. The SMILES string of the molecule is O=C(O)Cn1nc(-c2cccc(F)c2)c2c(c1=O)CC=N2. The van der Waals surface area contributed by atoms with Gasteiger partial charge in [0, 0.05) is 18.2 Å². The van der Waals surface area contributed by atoms with Crippen LogP contribution in [0.4, 0.5) is 10.1 Å². The summed E-state index contributed by atoms with van der Waals surface area (Å²) in [7, 11) is 0. The molecule has 0 aliphatic carbocycles. The zero-order chi connectivity index (χ0) is 15.0. The molecule has 21 heavy (non-hydrogen) atoms. The molecule has 3 rings (SSSR count). The Morgan fingerprint density at radius 1 is 1.43 bits per heavy atom. The first kappa shape index (κ1) is 13.2. The second kappa shape index (κ2) is 4.93. The molecule has 106 valence electrons. The number of aromatic nitrogens is 2. The summed E-state index contributed by atoms with van der Waals surface area (Å²) >= 11 is 0. The van der Waals surface area contributed by atoms with Crippen molar-refractivity contribution in [3.8, 4) is 11.3 Å². The largest absolute Gasteiger partial charge is 0.480 e. The first-order valence-electron chi connectivity index (χ1n) is 6.20. The topological polar surface area (TPSA) is 84.5 Å². The van der Waals surface area contributed by atoms with Gasteiger partial charge >= 0.3 is 5.97 Å². The van der Waals surface area contributed by atoms with E-state index in [1.165, 1.54) is 18.2 Å². The lowest BCUT2D eigenvalue weighted by Crippen LogP contribution is -2.29. The van der Waals surface area contributed by atoms with E-state index in [0.29, 0.717) is 28.9 Å². The van der Waals surface area contributed by atoms with Gasteiger partial charge in [-0.15, -0.1) is 0 Å². The predicted molar refractivity (Wildman–Crippen MR) is 73.4 cm³/mol. The number of hydrogen-bond acceptors (Lipinski definition) is 4. The number of fused-ring (bicyclic) bond motifs is 1. The monoisotopic (exact) mass is 287 g/mol. The van der Waals surface area contributed by atoms with Crippen molar-refractivity contribution in [3.05, 3.63) is 46.0 Å². The molecule has 2 heterocycles. The van der Waals surface area contributed by atoms with Gasteiger partial charge in [0.25, 0.3) is 5.56 Å². The van der Waals surface area contributed by atoms with E-state index in [2.05, 4.69) is 10.1 Å². The van der Waals surface area contributed by atoms with E-state index in [1.54, 1.807) is 12.3 Å². The van der Waals surface area contributed by atoms with Gasteiger partial charge in [0.1, 0.15) is 18.1 Å². The first-order chi connectivity index (χ1) is 10.1. The van der Waals surface area contributed by atoms with Crippen molar-refractivity contribution in [1.29, 1.82) is 0 Å². The molecule has 0 saturated carbocycles. The van der Waals surface area contributed by atoms with Gasteiger partial charge in [0.2, 0.25) is 0 Å². The fourth-order valence-corrected chi connectivity index (χ4v) is 2.23. The summed E-state index contributed by atoms with van der Waals surface area (Å²) in [4.78, 5) is 27.1. The molecular formula is C14H10FN3O3. The molecule has 0 spiro atoms. The molecule has 0 unspecified atom stereocenters. The number of halogens is 1. The molecule has 7 heteroatoms. The normalized spacial score (nSPS) is 12.4. The second-order valence-corrected chi connectivity index (χ2v) is 4.56. The molecule has 1 N–H and O–H groups in total. The molecule has 1 aromatic carbocycles. The van der Waals surface area contributed by atoms with Gasteiger partial charge in [-0.2, -0.15) is 5.10 Å². The van der Waals surface area contributed by atoms with Crippen LogP contribution in [-0.2, 0) is 17.8 Å². The van der Waals surface area contributed by atoms with Crippen LogP contribution in [0.1, 0.15) is 5.56 Å². The number of carbonyl (C=O) groups is 1. The van der Waals surface area contributed by atoms with Crippen molar-refractivity contribution in [2.75, 3.05) is 0 Å². The predicted octanol–water partition coefficient (Wildman–Crippen LogP) is 1.39. The van der Waals surface area contributed by atoms with E-state index in [1.807, 2.05) is 0 Å². The Balaban J connectivity index is 2.24. The van der Waals surface area contributed by atoms with E-state index in [0.717, 1.165) is 4.68 Å². The average Bonchev–Trinajstić information content (AvgIpc) is 2.91. The molecule has 1 aliphatic heterocycles. The maximum atomic E-state index is 13.4. The van der Waals surface area contributed by atoms with Gasteiger partial charge in [0.05, 0.1) is 11.3 Å². The highest BCUT2D eigenvalue weighted by molar-refractivity contribution is 5.84. The zero-order valence-corrected chi connectivity index (χ0v) is 10.8. The smallest absolute Gasteiger partial charge is 0.325 e. The Bertz CT molecular complexity index is 827. The Morgan fingerprint density at radius 3 is 2.95 bits per heavy atom. The number of carboxylic acid groups (broad SMARTS) is 1. The van der Waals surface area contributed by atoms with Crippen LogP contribution in [0.2, 0.25) is 0 Å². The fraction of sp³-hybridized carbons (Fsp3) is 0.143. The minimum absolute atomic E-state index is 0.305. The molecule has 6 nitrogen and oxygen atoms in total. The van der Waals surface area contributed by atoms with Crippen molar-refractivity contribution in [2.45, 2.75) is 13.0 Å². The van der Waals surface area contributed by atoms with Gasteiger partial charge in [-0.05, 0) is 12.1 Å². The average molecular weight is 287 g/mol. The minimum atomic E-state index is -1.17. The summed E-state index contributed by atoms with van der Waals surface area (Å²) in [6.07, 6.45) is 1.88. The van der Waals surface area contributed by atoms with Crippen LogP contribution in [0.3, 0.4) is 0 Å². The van der Waals surface area contributed by atoms with Crippen molar-refractivity contribution < 1.29 is 14.3 Å². The molecule has 0 amide bonds. The number of nitrogens with zero attached hydrogens (tertiary/aromatic N) is 3. The van der Waals surface area contributed by atoms with E-state index < -0.39 is 23.9 Å². The Hall–Kier alpha value is -2.83. The number of aliphatic carboxylic acids is 1. The van der Waals surface area contributed by atoms with Crippen molar-refractivity contribution in [3.63, 3.8) is 0 Å². The second-order valence-electron chi connectivity index (χ2n) is 4.56. The van der Waals surface area contributed by atoms with Gasteiger partial charge in [-0.3, -0.25) is 14.6 Å². The third-order valence-corrected chi connectivity index (χ3v) is 3.12. The summed E-state index contributed by atoms with van der Waals surface area (Å²) in [6, 6.07) is 5.71. The van der Waals surface area contributed by atoms with Crippen LogP contribution in [0, 0.1) is 5.82 Å². The number of carboxylic acids is 1. The van der Waals surface area contributed by atoms with E-state index in [4.69, 9.17) is 5.11 Å². The van der Waals surface area contributed by atoms with E-state index in [9.17, 15) is 14.0 Å². The zero-order valence-electron chi connectivity index (χ0n) is 10.8. The van der Waals surface area contributed by atoms with Crippen molar-refractivity contribution in [2.24, 2.45) is 4.99 Å². The molecule has 0 saturated heterocycles. The lowest BCUT2D eigenvalue weighted by molar-refractivity contribution is -0.138. The molecule has 2 aromatic rings. The van der Waals surface area contributed by atoms with Gasteiger partial charge in [-0.1, -0.05) is 12.1 Å². The number of hydrogen-bond donors (Lipinski definition) is 1. The van der Waals surface area contributed by atoms with Crippen LogP contribution in [-0.4, -0.2) is 27.1 Å². The Kier molecular flexibility index (Phi) is 3.09. The van der Waals surface area contributed by atoms with E-state index in [-0.39, 0.29) is 0 Å². The summed E-state index contributed by atoms with van der Waals surface area (Å²) in [5.74, 6) is -1.62. The Morgan fingerprint density at radius 2 is 2.24 bits per heavy atom. The quantitative estimate of drug-likeness (QED) is 0.924. The third kappa shape index (κ3) is 2.33. The maximum absolute atomic E-state index is 13.4. The van der Waals surface area contributed by atoms with Crippen molar-refractivity contribution in [1.82, 2.24) is 9.78 Å². The summed E-state index contributed by atoms with van der Waals surface area (Å²) in [5, 5.41) is 12.9. The summed E-state index contributed by atoms with van der Waals surface area (Å²) in [5.41, 5.74) is 1.03. The van der Waals surface area contributed by atoms with Crippen LogP contribution < -0.4 is 5.56 Å². The number of rotatable bonds is 3. The van der Waals surface area contributed by atoms with E-state index >= 15 is 0 Å². The molecule has 0 atom stereocenters. The van der Waals surface area contributed by atoms with Gasteiger partial charge < -0.3 is 5.11 Å². The van der Waals surface area contributed by atoms with Crippen LogP contribution in [0.5, 0.6) is 0 Å². The fourth-order valence-electron chi connectivity index (χ4n) is 2.23. The number of aliphatic imine (C=N–C) groups is 1. The molecule has 1 aromatic heterocycles. The van der Waals surface area contributed by atoms with Crippen molar-refractivity contribution >= 4 is 17.9 Å². The Labute approximate surface area is 118 Å². The van der Waals surface area contributed by atoms with Gasteiger partial charge in [0.15, 0.2) is 0 Å². The molecule has 0 bridgehead atoms. The molecule has 1 aliphatic rings.